The molecule has 2 heterocycles. The highest BCUT2D eigenvalue weighted by molar-refractivity contribution is 6.09. The molecule has 2 aromatic rings. The molecule has 0 unspecified atom stereocenters. The second-order valence-electron chi connectivity index (χ2n) is 11.0. The number of esters is 1. The number of aromatic nitrogens is 2. The number of aliphatic imine (C=N–C) groups is 1. The Morgan fingerprint density at radius 2 is 1.65 bits per heavy atom. The highest BCUT2D eigenvalue weighted by Gasteiger charge is 2.43. The summed E-state index contributed by atoms with van der Waals surface area (Å²) in [6.07, 6.45) is -4.73. The molecule has 1 aromatic carbocycles. The number of hydrogen-bond donors (Lipinski definition) is 1. The first kappa shape index (κ1) is 36.1. The predicted molar refractivity (Wildman–Crippen MR) is 158 cm³/mol. The van der Waals surface area contributed by atoms with Crippen molar-refractivity contribution in [3.63, 3.8) is 0 Å². The average molecular weight is 659 g/mol. The van der Waals surface area contributed by atoms with Crippen molar-refractivity contribution in [2.45, 2.75) is 77.1 Å². The Kier molecular flexibility index (Phi) is 11.3. The zero-order valence-corrected chi connectivity index (χ0v) is 25.9. The van der Waals surface area contributed by atoms with Crippen LogP contribution in [0.1, 0.15) is 62.8 Å². The Morgan fingerprint density at radius 3 is 2.13 bits per heavy atom. The largest absolute Gasteiger partial charge is 0.463 e. The number of likely N-dealkylation sites (tertiary alicyclic amines) is 1. The van der Waals surface area contributed by atoms with Crippen LogP contribution >= 0.6 is 0 Å². The van der Waals surface area contributed by atoms with Gasteiger partial charge in [-0.3, -0.25) is 4.99 Å². The van der Waals surface area contributed by atoms with Crippen molar-refractivity contribution in [1.29, 1.82) is 0 Å². The van der Waals surface area contributed by atoms with Gasteiger partial charge in [0.05, 0.1) is 23.8 Å². The molecule has 10 nitrogen and oxygen atoms in total. The third-order valence-corrected chi connectivity index (χ3v) is 7.32. The van der Waals surface area contributed by atoms with Gasteiger partial charge in [0, 0.05) is 62.1 Å². The molecule has 2 N–H and O–H groups in total. The number of nitrogens with two attached hydrogens (primary N) is 1. The number of allylic oxidation sites excluding steroid dienone is 1. The summed E-state index contributed by atoms with van der Waals surface area (Å²) in [6, 6.07) is 0.227. The summed E-state index contributed by atoms with van der Waals surface area (Å²) in [5.41, 5.74) is 1.74. The normalized spacial score (nSPS) is 17.8. The van der Waals surface area contributed by atoms with Crippen LogP contribution in [0, 0.1) is 0 Å². The molecule has 0 bridgehead atoms. The van der Waals surface area contributed by atoms with Gasteiger partial charge in [0.1, 0.15) is 0 Å². The summed E-state index contributed by atoms with van der Waals surface area (Å²) in [7, 11) is 1.53. The van der Waals surface area contributed by atoms with Crippen LogP contribution in [0.25, 0.3) is 5.57 Å². The summed E-state index contributed by atoms with van der Waals surface area (Å²) >= 11 is 0. The molecule has 252 valence electrons. The molecule has 0 aliphatic carbocycles. The van der Waals surface area contributed by atoms with Crippen molar-refractivity contribution >= 4 is 29.8 Å². The zero-order chi connectivity index (χ0) is 34.4. The van der Waals surface area contributed by atoms with Gasteiger partial charge >= 0.3 is 24.4 Å². The van der Waals surface area contributed by atoms with Crippen molar-refractivity contribution < 1.29 is 45.4 Å². The van der Waals surface area contributed by atoms with Gasteiger partial charge < -0.3 is 25.0 Å². The fraction of sp³-hybridized carbons (Fsp3) is 0.500. The number of carbonyl (C=O) groups excluding carboxylic acids is 2. The number of ether oxygens (including phenoxy) is 2. The Hall–Kier alpha value is -4.37. The maximum atomic E-state index is 13.7. The Bertz CT molecular complexity index is 1410. The number of halogens is 6. The van der Waals surface area contributed by atoms with E-state index in [1.165, 1.54) is 55.5 Å². The van der Waals surface area contributed by atoms with E-state index >= 15 is 0 Å². The van der Waals surface area contributed by atoms with Crippen LogP contribution < -0.4 is 10.6 Å². The molecule has 1 aliphatic rings. The summed E-state index contributed by atoms with van der Waals surface area (Å²) in [5, 5.41) is 0. The summed E-state index contributed by atoms with van der Waals surface area (Å²) in [5.74, 6) is -0.771. The molecule has 16 heteroatoms. The molecule has 0 saturated carbocycles. The fourth-order valence-electron chi connectivity index (χ4n) is 4.99. The lowest BCUT2D eigenvalue weighted by atomic mass is 10.0. The fourth-order valence-corrected chi connectivity index (χ4v) is 4.99. The van der Waals surface area contributed by atoms with Gasteiger partial charge in [-0.1, -0.05) is 6.92 Å². The lowest BCUT2D eigenvalue weighted by molar-refractivity contribution is -0.162. The monoisotopic (exact) mass is 658 g/mol. The molecule has 1 aliphatic heterocycles. The molecule has 2 atom stereocenters. The van der Waals surface area contributed by atoms with E-state index in [4.69, 9.17) is 15.2 Å². The molecule has 0 radical (unpaired) electrons. The van der Waals surface area contributed by atoms with Crippen LogP contribution in [-0.2, 0) is 33.2 Å². The number of anilines is 1. The molecule has 1 saturated heterocycles. The maximum Gasteiger partial charge on any atom is 0.416 e. The smallest absolute Gasteiger partial charge is 0.416 e. The van der Waals surface area contributed by atoms with Crippen molar-refractivity contribution in [2.75, 3.05) is 25.1 Å². The molecular weight excluding hydrogens is 622 g/mol. The number of rotatable bonds is 10. The van der Waals surface area contributed by atoms with E-state index < -0.39 is 59.8 Å². The van der Waals surface area contributed by atoms with Gasteiger partial charge in [-0.15, -0.1) is 0 Å². The summed E-state index contributed by atoms with van der Waals surface area (Å²) < 4.78 is 92.5. The van der Waals surface area contributed by atoms with Crippen LogP contribution in [0.15, 0.2) is 41.8 Å². The van der Waals surface area contributed by atoms with Gasteiger partial charge in [0.15, 0.2) is 0 Å². The lowest BCUT2D eigenvalue weighted by Gasteiger charge is -2.30. The van der Waals surface area contributed by atoms with E-state index in [0.29, 0.717) is 29.7 Å². The minimum atomic E-state index is -5.04. The van der Waals surface area contributed by atoms with E-state index in [9.17, 15) is 35.9 Å². The van der Waals surface area contributed by atoms with Gasteiger partial charge in [0.2, 0.25) is 11.5 Å². The van der Waals surface area contributed by atoms with Crippen molar-refractivity contribution in [3.05, 3.63) is 59.0 Å². The molecular formula is C30H36F6N6O4. The third kappa shape index (κ3) is 8.66. The molecule has 1 amide bonds. The Labute approximate surface area is 262 Å². The van der Waals surface area contributed by atoms with E-state index in [0.717, 1.165) is 0 Å². The highest BCUT2D eigenvalue weighted by atomic mass is 19.4. The summed E-state index contributed by atoms with van der Waals surface area (Å²) in [4.78, 5) is 41.1. The third-order valence-electron chi connectivity index (χ3n) is 7.32. The van der Waals surface area contributed by atoms with Gasteiger partial charge in [-0.25, -0.2) is 19.6 Å². The van der Waals surface area contributed by atoms with Crippen molar-refractivity contribution in [2.24, 2.45) is 10.7 Å². The first-order chi connectivity index (χ1) is 21.4. The molecule has 3 rings (SSSR count). The molecule has 1 fully saturated rings. The van der Waals surface area contributed by atoms with E-state index in [2.05, 4.69) is 15.0 Å². The van der Waals surface area contributed by atoms with E-state index in [1.54, 1.807) is 13.8 Å². The lowest BCUT2D eigenvalue weighted by Crippen LogP contribution is -2.46. The van der Waals surface area contributed by atoms with Gasteiger partial charge in [0.25, 0.3) is 0 Å². The minimum absolute atomic E-state index is 0.0125. The standard InChI is InChI=1S/C30H36F6N6O4/c1-6-23-11-24(17-42(23)27(44)46-28(3,4)25(43)45-7-2)41(26-39-14-20(15-40-26)19(12-37)13-38-5)16-18-8-21(29(31,32)33)10-22(9-18)30(34,35)36/h8-10,12-15,23-24H,6-7,11,16-17,37H2,1-5H3/t23-,24+/m1/s1. The van der Waals surface area contributed by atoms with Crippen LogP contribution in [0.3, 0.4) is 0 Å². The predicted octanol–water partition coefficient (Wildman–Crippen LogP) is 5.85. The SMILES string of the molecule is CCOC(=O)C(C)(C)OC(=O)N1C[C@@H](N(Cc2cc(C(F)(F)F)cc(C(F)(F)F)c2)c2ncc(C(C=NC)=CN)cn2)C[C@H]1CC. The molecule has 46 heavy (non-hydrogen) atoms. The number of amides is 1. The minimum Gasteiger partial charge on any atom is -0.463 e. The van der Waals surface area contributed by atoms with Crippen molar-refractivity contribution in [1.82, 2.24) is 14.9 Å². The maximum absolute atomic E-state index is 13.7. The van der Waals surface area contributed by atoms with Crippen LogP contribution in [-0.4, -0.2) is 71.0 Å². The molecule has 0 spiro atoms. The number of benzene rings is 1. The van der Waals surface area contributed by atoms with Gasteiger partial charge in [-0.2, -0.15) is 26.3 Å². The van der Waals surface area contributed by atoms with E-state index in [1.807, 2.05) is 0 Å². The second-order valence-corrected chi connectivity index (χ2v) is 11.0. The average Bonchev–Trinajstić information content (AvgIpc) is 3.42. The van der Waals surface area contributed by atoms with Crippen LogP contribution in [0.5, 0.6) is 0 Å². The first-order valence-electron chi connectivity index (χ1n) is 14.3. The van der Waals surface area contributed by atoms with Crippen molar-refractivity contribution in [3.8, 4) is 0 Å². The Balaban J connectivity index is 2.06. The zero-order valence-electron chi connectivity index (χ0n) is 25.9. The quantitative estimate of drug-likeness (QED) is 0.192. The highest BCUT2D eigenvalue weighted by Crippen LogP contribution is 2.37. The number of hydrogen-bond acceptors (Lipinski definition) is 9. The number of nitrogens with zero attached hydrogens (tertiary/aromatic N) is 5. The van der Waals surface area contributed by atoms with Crippen LogP contribution in [0.2, 0.25) is 0 Å². The summed E-state index contributed by atoms with van der Waals surface area (Å²) in [6.45, 7) is 5.71. The topological polar surface area (TPSA) is 123 Å². The van der Waals surface area contributed by atoms with Gasteiger partial charge in [-0.05, 0) is 57.4 Å². The van der Waals surface area contributed by atoms with E-state index in [-0.39, 0.29) is 37.2 Å². The Morgan fingerprint density at radius 1 is 1.07 bits per heavy atom. The second kappa shape index (κ2) is 14.4. The number of carbonyl (C=O) groups is 2. The number of alkyl halides is 6. The van der Waals surface area contributed by atoms with Crippen LogP contribution in [0.4, 0.5) is 37.1 Å². The molecule has 1 aromatic heterocycles. The first-order valence-corrected chi connectivity index (χ1v) is 14.3.